The second-order valence-corrected chi connectivity index (χ2v) is 3.05. The molecule has 0 amide bonds. The average molecular weight is 194 g/mol. The fourth-order valence-corrected chi connectivity index (χ4v) is 1.52. The minimum Gasteiger partial charge on any atom is -0.308 e. The van der Waals surface area contributed by atoms with Gasteiger partial charge in [0.1, 0.15) is 5.82 Å². The summed E-state index contributed by atoms with van der Waals surface area (Å²) in [4.78, 5) is 4.07. The Morgan fingerprint density at radius 1 is 1.23 bits per heavy atom. The molecule has 0 aliphatic rings. The van der Waals surface area contributed by atoms with Crippen LogP contribution in [0.4, 0.5) is 5.82 Å². The molecule has 0 saturated heterocycles. The Bertz CT molecular complexity index is 442. The smallest absolute Gasteiger partial charge is 0.147 e. The summed E-state index contributed by atoms with van der Waals surface area (Å²) in [5.41, 5.74) is 2.53. The maximum absolute atomic E-state index is 5.99. The van der Waals surface area contributed by atoms with Gasteiger partial charge in [-0.15, -0.1) is 0 Å². The van der Waals surface area contributed by atoms with Crippen LogP contribution in [0.15, 0.2) is 30.5 Å². The number of benzene rings is 1. The Morgan fingerprint density at radius 3 is 2.85 bits per heavy atom. The zero-order chi connectivity index (χ0) is 9.26. The van der Waals surface area contributed by atoms with E-state index in [0.29, 0.717) is 10.8 Å². The van der Waals surface area contributed by atoms with E-state index in [-0.39, 0.29) is 0 Å². The largest absolute Gasteiger partial charge is 0.308 e. The van der Waals surface area contributed by atoms with Crippen LogP contribution in [0.3, 0.4) is 0 Å². The second kappa shape index (κ2) is 3.20. The highest BCUT2D eigenvalue weighted by atomic mass is 35.5. The highest BCUT2D eigenvalue weighted by molar-refractivity contribution is 6.35. The first-order chi connectivity index (χ1) is 6.33. The molecule has 0 spiro atoms. The summed E-state index contributed by atoms with van der Waals surface area (Å²) in [6, 6.07) is 7.49. The van der Waals surface area contributed by atoms with E-state index in [1.807, 2.05) is 24.3 Å². The number of halogens is 1. The van der Waals surface area contributed by atoms with Crippen LogP contribution in [0, 0.1) is 0 Å². The van der Waals surface area contributed by atoms with Crippen LogP contribution in [-0.2, 0) is 0 Å². The number of hydrogen-bond donors (Lipinski definition) is 2. The zero-order valence-electron chi connectivity index (χ0n) is 6.79. The molecule has 4 heteroatoms. The molecule has 1 aromatic heterocycles. The van der Waals surface area contributed by atoms with E-state index in [2.05, 4.69) is 10.4 Å². The summed E-state index contributed by atoms with van der Waals surface area (Å²) >= 11 is 5.99. The van der Waals surface area contributed by atoms with Gasteiger partial charge < -0.3 is 5.43 Å². The highest BCUT2D eigenvalue weighted by Crippen LogP contribution is 2.26. The minimum absolute atomic E-state index is 0.639. The van der Waals surface area contributed by atoms with Gasteiger partial charge in [-0.25, -0.2) is 10.8 Å². The number of aromatic nitrogens is 1. The molecule has 1 aromatic carbocycles. The summed E-state index contributed by atoms with van der Waals surface area (Å²) in [7, 11) is 0. The Hall–Kier alpha value is -1.32. The molecule has 0 radical (unpaired) electrons. The van der Waals surface area contributed by atoms with Crippen molar-refractivity contribution >= 4 is 28.2 Å². The number of nitrogens with zero attached hydrogens (tertiary/aromatic N) is 1. The molecule has 0 saturated carbocycles. The molecule has 2 rings (SSSR count). The average Bonchev–Trinajstić information content (AvgIpc) is 2.18. The predicted molar refractivity (Wildman–Crippen MR) is 54.6 cm³/mol. The first kappa shape index (κ1) is 8.29. The summed E-state index contributed by atoms with van der Waals surface area (Å²) in [5.74, 6) is 5.95. The van der Waals surface area contributed by atoms with Crippen molar-refractivity contribution in [1.82, 2.24) is 4.98 Å². The van der Waals surface area contributed by atoms with Crippen molar-refractivity contribution in [3.63, 3.8) is 0 Å². The van der Waals surface area contributed by atoms with Gasteiger partial charge >= 0.3 is 0 Å². The van der Waals surface area contributed by atoms with Gasteiger partial charge in [0, 0.05) is 22.0 Å². The van der Waals surface area contributed by atoms with Crippen LogP contribution in [0.2, 0.25) is 5.02 Å². The van der Waals surface area contributed by atoms with Crippen molar-refractivity contribution in [3.05, 3.63) is 35.5 Å². The third-order valence-corrected chi connectivity index (χ3v) is 2.22. The van der Waals surface area contributed by atoms with Crippen LogP contribution < -0.4 is 11.3 Å². The number of nitrogens with one attached hydrogen (secondary N) is 1. The molecule has 0 aliphatic heterocycles. The van der Waals surface area contributed by atoms with E-state index in [9.17, 15) is 0 Å². The number of rotatable bonds is 1. The van der Waals surface area contributed by atoms with E-state index in [1.54, 1.807) is 6.20 Å². The molecule has 66 valence electrons. The molecular formula is C9H8ClN3. The molecule has 0 fully saturated rings. The first-order valence-electron chi connectivity index (χ1n) is 3.83. The molecule has 1 heterocycles. The lowest BCUT2D eigenvalue weighted by atomic mass is 10.1. The molecule has 0 atom stereocenters. The number of hydrazine groups is 1. The lowest BCUT2D eigenvalue weighted by molar-refractivity contribution is 1.25. The van der Waals surface area contributed by atoms with E-state index < -0.39 is 0 Å². The fraction of sp³-hybridized carbons (Fsp3) is 0. The summed E-state index contributed by atoms with van der Waals surface area (Å²) in [6.07, 6.45) is 1.67. The van der Waals surface area contributed by atoms with Crippen LogP contribution in [-0.4, -0.2) is 4.98 Å². The fourth-order valence-electron chi connectivity index (χ4n) is 1.28. The molecule has 0 aliphatic carbocycles. The van der Waals surface area contributed by atoms with E-state index in [0.717, 1.165) is 10.8 Å². The van der Waals surface area contributed by atoms with Crippen molar-refractivity contribution in [1.29, 1.82) is 0 Å². The van der Waals surface area contributed by atoms with E-state index >= 15 is 0 Å². The van der Waals surface area contributed by atoms with Crippen LogP contribution in [0.25, 0.3) is 10.8 Å². The van der Waals surface area contributed by atoms with Gasteiger partial charge in [-0.2, -0.15) is 0 Å². The predicted octanol–water partition coefficient (Wildman–Crippen LogP) is 2.17. The number of fused-ring (bicyclic) bond motifs is 1. The maximum atomic E-state index is 5.99. The van der Waals surface area contributed by atoms with Crippen LogP contribution in [0.5, 0.6) is 0 Å². The summed E-state index contributed by atoms with van der Waals surface area (Å²) in [5, 5.41) is 2.58. The summed E-state index contributed by atoms with van der Waals surface area (Å²) < 4.78 is 0. The van der Waals surface area contributed by atoms with E-state index in [1.165, 1.54) is 0 Å². The number of nitrogen functional groups attached to an aromatic ring is 1. The maximum Gasteiger partial charge on any atom is 0.147 e. The Morgan fingerprint density at radius 2 is 2.08 bits per heavy atom. The van der Waals surface area contributed by atoms with Gasteiger partial charge in [0.2, 0.25) is 0 Å². The minimum atomic E-state index is 0.639. The standard InChI is InChI=1S/C9H8ClN3/c10-8-3-1-2-7-6(8)4-5-12-9(7)13-11/h1-5H,11H2,(H,12,13). The van der Waals surface area contributed by atoms with E-state index in [4.69, 9.17) is 17.4 Å². The van der Waals surface area contributed by atoms with Crippen molar-refractivity contribution in [2.45, 2.75) is 0 Å². The van der Waals surface area contributed by atoms with Gasteiger partial charge in [0.05, 0.1) is 0 Å². The zero-order valence-corrected chi connectivity index (χ0v) is 7.55. The van der Waals surface area contributed by atoms with Crippen LogP contribution in [0.1, 0.15) is 0 Å². The van der Waals surface area contributed by atoms with Gasteiger partial charge in [-0.1, -0.05) is 23.7 Å². The Balaban J connectivity index is 2.84. The van der Waals surface area contributed by atoms with Crippen molar-refractivity contribution in [3.8, 4) is 0 Å². The quantitative estimate of drug-likeness (QED) is 0.539. The monoisotopic (exact) mass is 193 g/mol. The van der Waals surface area contributed by atoms with Gasteiger partial charge in [0.15, 0.2) is 0 Å². The highest BCUT2D eigenvalue weighted by Gasteiger charge is 2.02. The number of anilines is 1. The van der Waals surface area contributed by atoms with Crippen molar-refractivity contribution in [2.75, 3.05) is 5.43 Å². The van der Waals surface area contributed by atoms with Gasteiger partial charge in [-0.3, -0.25) is 0 Å². The third kappa shape index (κ3) is 1.32. The third-order valence-electron chi connectivity index (χ3n) is 1.89. The molecule has 0 bridgehead atoms. The molecule has 0 unspecified atom stereocenters. The van der Waals surface area contributed by atoms with Gasteiger partial charge in [0.25, 0.3) is 0 Å². The lowest BCUT2D eigenvalue weighted by Gasteiger charge is -2.04. The molecule has 3 N–H and O–H groups in total. The van der Waals surface area contributed by atoms with Crippen molar-refractivity contribution < 1.29 is 0 Å². The SMILES string of the molecule is NNc1nccc2c(Cl)cccc12. The molecule has 2 aromatic rings. The van der Waals surface area contributed by atoms with Crippen LogP contribution >= 0.6 is 11.6 Å². The number of pyridine rings is 1. The normalized spacial score (nSPS) is 10.3. The second-order valence-electron chi connectivity index (χ2n) is 2.64. The molecular weight excluding hydrogens is 186 g/mol. The topological polar surface area (TPSA) is 50.9 Å². The number of nitrogens with two attached hydrogens (primary N) is 1. The molecule has 13 heavy (non-hydrogen) atoms. The number of hydrogen-bond acceptors (Lipinski definition) is 3. The van der Waals surface area contributed by atoms with Gasteiger partial charge in [-0.05, 0) is 12.1 Å². The Labute approximate surface area is 80.5 Å². The summed E-state index contributed by atoms with van der Waals surface area (Å²) in [6.45, 7) is 0. The van der Waals surface area contributed by atoms with Crippen molar-refractivity contribution in [2.24, 2.45) is 5.84 Å². The molecule has 3 nitrogen and oxygen atoms in total. The Kier molecular flexibility index (Phi) is 2.04. The first-order valence-corrected chi connectivity index (χ1v) is 4.20. The lowest BCUT2D eigenvalue weighted by Crippen LogP contribution is -2.08.